The molecule has 128 valence electrons. The number of sulfone groups is 1. The minimum Gasteiger partial charge on any atom is -0.298 e. The quantitative estimate of drug-likeness (QED) is 0.756. The van der Waals surface area contributed by atoms with E-state index in [4.69, 9.17) is 0 Å². The van der Waals surface area contributed by atoms with E-state index in [9.17, 15) is 13.2 Å². The van der Waals surface area contributed by atoms with Crippen molar-refractivity contribution in [3.05, 3.63) is 65.0 Å². The van der Waals surface area contributed by atoms with Crippen LogP contribution in [0.3, 0.4) is 0 Å². The molecule has 0 aliphatic heterocycles. The molecule has 2 aromatic carbocycles. The van der Waals surface area contributed by atoms with E-state index in [1.165, 1.54) is 41.2 Å². The van der Waals surface area contributed by atoms with Crippen molar-refractivity contribution in [1.29, 1.82) is 0 Å². The smallest absolute Gasteiger partial charge is 0.257 e. The zero-order valence-corrected chi connectivity index (χ0v) is 15.3. The molecule has 25 heavy (non-hydrogen) atoms. The lowest BCUT2D eigenvalue weighted by atomic mass is 10.1. The Balaban J connectivity index is 1.74. The summed E-state index contributed by atoms with van der Waals surface area (Å²) >= 11 is 1.34. The third-order valence-electron chi connectivity index (χ3n) is 3.62. The van der Waals surface area contributed by atoms with Gasteiger partial charge in [0, 0.05) is 22.8 Å². The number of hydrogen-bond acceptors (Lipinski definition) is 5. The highest BCUT2D eigenvalue weighted by molar-refractivity contribution is 7.90. The molecule has 0 atom stereocenters. The van der Waals surface area contributed by atoms with Crippen molar-refractivity contribution in [2.24, 2.45) is 0 Å². The number of nitrogens with zero attached hydrogens (tertiary/aromatic N) is 1. The normalized spacial score (nSPS) is 11.3. The summed E-state index contributed by atoms with van der Waals surface area (Å²) < 4.78 is 22.9. The zero-order valence-electron chi connectivity index (χ0n) is 13.7. The summed E-state index contributed by atoms with van der Waals surface area (Å²) in [4.78, 5) is 16.9. The van der Waals surface area contributed by atoms with Crippen LogP contribution < -0.4 is 5.32 Å². The first kappa shape index (κ1) is 17.3. The molecule has 1 aromatic heterocycles. The van der Waals surface area contributed by atoms with Crippen molar-refractivity contribution in [1.82, 2.24) is 4.98 Å². The van der Waals surface area contributed by atoms with Crippen LogP contribution in [-0.4, -0.2) is 25.6 Å². The summed E-state index contributed by atoms with van der Waals surface area (Å²) in [6.07, 6.45) is 1.13. The number of nitrogens with one attached hydrogen (secondary N) is 1. The molecular weight excluding hydrogens is 356 g/mol. The second-order valence-corrected chi connectivity index (χ2v) is 8.53. The minimum atomic E-state index is -3.28. The Kier molecular flexibility index (Phi) is 4.69. The Morgan fingerprint density at radius 3 is 2.28 bits per heavy atom. The van der Waals surface area contributed by atoms with Gasteiger partial charge in [0.1, 0.15) is 0 Å². The number of aromatic nitrogens is 1. The first-order valence-corrected chi connectivity index (χ1v) is 10.2. The van der Waals surface area contributed by atoms with Gasteiger partial charge < -0.3 is 0 Å². The van der Waals surface area contributed by atoms with Crippen LogP contribution >= 0.6 is 11.3 Å². The summed E-state index contributed by atoms with van der Waals surface area (Å²) in [6.45, 7) is 2.02. The molecule has 0 bridgehead atoms. The number of carbonyl (C=O) groups is 1. The van der Waals surface area contributed by atoms with E-state index in [-0.39, 0.29) is 10.8 Å². The van der Waals surface area contributed by atoms with Gasteiger partial charge in [-0.3, -0.25) is 10.1 Å². The fourth-order valence-corrected chi connectivity index (χ4v) is 3.56. The van der Waals surface area contributed by atoms with Crippen LogP contribution in [0.1, 0.15) is 15.9 Å². The van der Waals surface area contributed by atoms with Gasteiger partial charge in [0.25, 0.3) is 5.91 Å². The second kappa shape index (κ2) is 6.78. The topological polar surface area (TPSA) is 76.1 Å². The van der Waals surface area contributed by atoms with E-state index in [0.29, 0.717) is 10.7 Å². The van der Waals surface area contributed by atoms with Gasteiger partial charge in [-0.15, -0.1) is 11.3 Å². The predicted octanol–water partition coefficient (Wildman–Crippen LogP) is 3.77. The maximum absolute atomic E-state index is 12.3. The Hall–Kier alpha value is -2.51. The summed E-state index contributed by atoms with van der Waals surface area (Å²) in [5.41, 5.74) is 3.33. The number of hydrogen-bond donors (Lipinski definition) is 1. The molecule has 1 amide bonds. The van der Waals surface area contributed by atoms with Crippen LogP contribution in [-0.2, 0) is 9.84 Å². The minimum absolute atomic E-state index is 0.181. The van der Waals surface area contributed by atoms with Crippen molar-refractivity contribution in [3.8, 4) is 11.3 Å². The van der Waals surface area contributed by atoms with Gasteiger partial charge in [0.2, 0.25) is 0 Å². The molecule has 0 aliphatic rings. The number of aryl methyl sites for hydroxylation is 1. The van der Waals surface area contributed by atoms with Crippen molar-refractivity contribution in [2.75, 3.05) is 11.6 Å². The monoisotopic (exact) mass is 372 g/mol. The largest absolute Gasteiger partial charge is 0.298 e. The Bertz CT molecular complexity index is 1010. The number of benzene rings is 2. The lowest BCUT2D eigenvalue weighted by molar-refractivity contribution is 0.102. The molecular formula is C18H16N2O3S2. The van der Waals surface area contributed by atoms with Gasteiger partial charge in [0.05, 0.1) is 10.6 Å². The SMILES string of the molecule is Cc1ccc(-c2csc(NC(=O)c3ccc(S(C)(=O)=O)cc3)n2)cc1. The van der Waals surface area contributed by atoms with Crippen LogP contribution in [0.2, 0.25) is 0 Å². The maximum Gasteiger partial charge on any atom is 0.257 e. The summed E-state index contributed by atoms with van der Waals surface area (Å²) in [5, 5.41) is 5.11. The molecule has 1 N–H and O–H groups in total. The average Bonchev–Trinajstić information content (AvgIpc) is 3.03. The highest BCUT2D eigenvalue weighted by atomic mass is 32.2. The van der Waals surface area contributed by atoms with Crippen molar-refractivity contribution >= 4 is 32.2 Å². The molecule has 0 saturated carbocycles. The van der Waals surface area contributed by atoms with E-state index < -0.39 is 9.84 Å². The van der Waals surface area contributed by atoms with Crippen molar-refractivity contribution < 1.29 is 13.2 Å². The summed E-state index contributed by atoms with van der Waals surface area (Å²) in [6, 6.07) is 13.8. The van der Waals surface area contributed by atoms with Gasteiger partial charge in [0.15, 0.2) is 15.0 Å². The van der Waals surface area contributed by atoms with Gasteiger partial charge in [-0.05, 0) is 31.2 Å². The highest BCUT2D eigenvalue weighted by Gasteiger charge is 2.12. The third kappa shape index (κ3) is 4.12. The standard InChI is InChI=1S/C18H16N2O3S2/c1-12-3-5-13(6-4-12)16-11-24-18(19-16)20-17(21)14-7-9-15(10-8-14)25(2,22)23/h3-11H,1-2H3,(H,19,20,21). The molecule has 0 saturated heterocycles. The lowest BCUT2D eigenvalue weighted by Gasteiger charge is -2.03. The molecule has 3 aromatic rings. The molecule has 1 heterocycles. The van der Waals surface area contributed by atoms with E-state index in [0.717, 1.165) is 17.5 Å². The zero-order chi connectivity index (χ0) is 18.0. The Morgan fingerprint density at radius 1 is 1.04 bits per heavy atom. The summed E-state index contributed by atoms with van der Waals surface area (Å²) in [7, 11) is -3.28. The van der Waals surface area contributed by atoms with Gasteiger partial charge in [-0.2, -0.15) is 0 Å². The van der Waals surface area contributed by atoms with Crippen LogP contribution in [0.4, 0.5) is 5.13 Å². The molecule has 0 fully saturated rings. The number of carbonyl (C=O) groups excluding carboxylic acids is 1. The fourth-order valence-electron chi connectivity index (χ4n) is 2.21. The second-order valence-electron chi connectivity index (χ2n) is 5.65. The molecule has 0 spiro atoms. The summed E-state index contributed by atoms with van der Waals surface area (Å²) in [5.74, 6) is -0.329. The van der Waals surface area contributed by atoms with E-state index in [1.54, 1.807) is 0 Å². The fraction of sp³-hybridized carbons (Fsp3) is 0.111. The average molecular weight is 372 g/mol. The van der Waals surface area contributed by atoms with E-state index >= 15 is 0 Å². The third-order valence-corrected chi connectivity index (χ3v) is 5.50. The number of amides is 1. The lowest BCUT2D eigenvalue weighted by Crippen LogP contribution is -2.11. The van der Waals surface area contributed by atoms with Crippen LogP contribution in [0.15, 0.2) is 58.8 Å². The highest BCUT2D eigenvalue weighted by Crippen LogP contribution is 2.25. The maximum atomic E-state index is 12.3. The first-order chi connectivity index (χ1) is 11.8. The van der Waals surface area contributed by atoms with E-state index in [2.05, 4.69) is 10.3 Å². The first-order valence-electron chi connectivity index (χ1n) is 7.47. The molecule has 0 unspecified atom stereocenters. The number of rotatable bonds is 4. The predicted molar refractivity (Wildman–Crippen MR) is 99.8 cm³/mol. The van der Waals surface area contributed by atoms with Crippen molar-refractivity contribution in [3.63, 3.8) is 0 Å². The van der Waals surface area contributed by atoms with Crippen molar-refractivity contribution in [2.45, 2.75) is 11.8 Å². The molecule has 3 rings (SSSR count). The number of thiazole rings is 1. The number of anilines is 1. The van der Waals surface area contributed by atoms with Crippen LogP contribution in [0.25, 0.3) is 11.3 Å². The Labute approximate surface area is 150 Å². The van der Waals surface area contributed by atoms with Gasteiger partial charge in [-0.1, -0.05) is 29.8 Å². The molecule has 0 radical (unpaired) electrons. The van der Waals surface area contributed by atoms with Crippen LogP contribution in [0.5, 0.6) is 0 Å². The van der Waals surface area contributed by atoms with Crippen LogP contribution in [0, 0.1) is 6.92 Å². The van der Waals surface area contributed by atoms with Gasteiger partial charge >= 0.3 is 0 Å². The van der Waals surface area contributed by atoms with Gasteiger partial charge in [-0.25, -0.2) is 13.4 Å². The molecule has 0 aliphatic carbocycles. The van der Waals surface area contributed by atoms with E-state index in [1.807, 2.05) is 36.6 Å². The Morgan fingerprint density at radius 2 is 1.68 bits per heavy atom. The molecule has 5 nitrogen and oxygen atoms in total. The molecule has 7 heteroatoms.